The van der Waals surface area contributed by atoms with E-state index in [0.717, 1.165) is 19.5 Å². The van der Waals surface area contributed by atoms with Gasteiger partial charge in [-0.05, 0) is 25.0 Å². The van der Waals surface area contributed by atoms with Crippen LogP contribution in [0.2, 0.25) is 0 Å². The normalized spacial score (nSPS) is 15.2. The van der Waals surface area contributed by atoms with E-state index in [4.69, 9.17) is 0 Å². The van der Waals surface area contributed by atoms with Crippen LogP contribution in [0.1, 0.15) is 12.5 Å². The Balaban J connectivity index is 2.39. The molecule has 0 amide bonds. The van der Waals surface area contributed by atoms with Crippen LogP contribution < -0.4 is 4.90 Å². The topological polar surface area (TPSA) is 16.1 Å². The van der Waals surface area contributed by atoms with E-state index in [1.807, 2.05) is 12.4 Å². The van der Waals surface area contributed by atoms with Crippen LogP contribution >= 0.6 is 0 Å². The van der Waals surface area contributed by atoms with E-state index in [9.17, 15) is 0 Å². The maximum Gasteiger partial charge on any atom is 0.0430 e. The number of pyridine rings is 1. The predicted molar refractivity (Wildman–Crippen MR) is 45.8 cm³/mol. The van der Waals surface area contributed by atoms with E-state index >= 15 is 0 Å². The molecule has 1 aromatic heterocycles. The lowest BCUT2D eigenvalue weighted by atomic mass is 10.2. The van der Waals surface area contributed by atoms with Gasteiger partial charge in [0.2, 0.25) is 0 Å². The SMILES string of the molecule is CCN1CCc2cnccc21. The zero-order chi connectivity index (χ0) is 7.68. The van der Waals surface area contributed by atoms with Gasteiger partial charge in [-0.25, -0.2) is 0 Å². The molecule has 0 spiro atoms. The average Bonchev–Trinajstić information content (AvgIpc) is 2.47. The first-order valence-corrected chi connectivity index (χ1v) is 4.09. The Morgan fingerprint density at radius 3 is 3.36 bits per heavy atom. The van der Waals surface area contributed by atoms with E-state index in [1.54, 1.807) is 0 Å². The molecule has 2 rings (SSSR count). The highest BCUT2D eigenvalue weighted by atomic mass is 15.1. The van der Waals surface area contributed by atoms with Crippen molar-refractivity contribution in [3.8, 4) is 0 Å². The summed E-state index contributed by atoms with van der Waals surface area (Å²) in [7, 11) is 0. The van der Waals surface area contributed by atoms with Crippen LogP contribution in [0.5, 0.6) is 0 Å². The quantitative estimate of drug-likeness (QED) is 0.599. The van der Waals surface area contributed by atoms with E-state index in [0.29, 0.717) is 0 Å². The van der Waals surface area contributed by atoms with Crippen molar-refractivity contribution in [2.24, 2.45) is 0 Å². The van der Waals surface area contributed by atoms with Crippen LogP contribution in [0, 0.1) is 0 Å². The highest BCUT2D eigenvalue weighted by molar-refractivity contribution is 5.56. The van der Waals surface area contributed by atoms with Gasteiger partial charge < -0.3 is 4.90 Å². The van der Waals surface area contributed by atoms with Gasteiger partial charge in [0, 0.05) is 31.2 Å². The highest BCUT2D eigenvalue weighted by Gasteiger charge is 2.16. The molecule has 0 N–H and O–H groups in total. The predicted octanol–water partition coefficient (Wildman–Crippen LogP) is 1.46. The number of hydrogen-bond donors (Lipinski definition) is 0. The minimum Gasteiger partial charge on any atom is -0.371 e. The molecule has 0 unspecified atom stereocenters. The summed E-state index contributed by atoms with van der Waals surface area (Å²) >= 11 is 0. The number of nitrogens with zero attached hydrogens (tertiary/aromatic N) is 2. The number of likely N-dealkylation sites (N-methyl/N-ethyl adjacent to an activating group) is 1. The number of fused-ring (bicyclic) bond motifs is 1. The molecule has 0 aromatic carbocycles. The van der Waals surface area contributed by atoms with E-state index in [2.05, 4.69) is 22.9 Å². The van der Waals surface area contributed by atoms with Gasteiger partial charge >= 0.3 is 0 Å². The molecule has 0 atom stereocenters. The summed E-state index contributed by atoms with van der Waals surface area (Å²) in [5.41, 5.74) is 2.77. The smallest absolute Gasteiger partial charge is 0.0430 e. The van der Waals surface area contributed by atoms with Gasteiger partial charge in [-0.15, -0.1) is 0 Å². The third kappa shape index (κ3) is 0.985. The molecule has 0 aliphatic carbocycles. The van der Waals surface area contributed by atoms with E-state index in [-0.39, 0.29) is 0 Å². The van der Waals surface area contributed by atoms with Crippen molar-refractivity contribution in [3.63, 3.8) is 0 Å². The van der Waals surface area contributed by atoms with Crippen molar-refractivity contribution in [2.75, 3.05) is 18.0 Å². The second-order valence-corrected chi connectivity index (χ2v) is 2.83. The minimum absolute atomic E-state index is 1.11. The van der Waals surface area contributed by atoms with Crippen molar-refractivity contribution < 1.29 is 0 Å². The Morgan fingerprint density at radius 2 is 2.55 bits per heavy atom. The summed E-state index contributed by atoms with van der Waals surface area (Å²) in [4.78, 5) is 6.48. The van der Waals surface area contributed by atoms with Crippen LogP contribution in [0.3, 0.4) is 0 Å². The van der Waals surface area contributed by atoms with Gasteiger partial charge in [-0.2, -0.15) is 0 Å². The van der Waals surface area contributed by atoms with Crippen LogP contribution in [-0.2, 0) is 6.42 Å². The first-order valence-electron chi connectivity index (χ1n) is 4.09. The lowest BCUT2D eigenvalue weighted by Gasteiger charge is -2.15. The van der Waals surface area contributed by atoms with Gasteiger partial charge in [0.25, 0.3) is 0 Å². The Hall–Kier alpha value is -1.05. The Bertz CT molecular complexity index is 257. The summed E-state index contributed by atoms with van der Waals surface area (Å²) in [6, 6.07) is 2.10. The summed E-state index contributed by atoms with van der Waals surface area (Å²) < 4.78 is 0. The molecule has 11 heavy (non-hydrogen) atoms. The zero-order valence-electron chi connectivity index (χ0n) is 6.75. The molecule has 58 valence electrons. The number of rotatable bonds is 1. The fourth-order valence-corrected chi connectivity index (χ4v) is 1.63. The zero-order valence-corrected chi connectivity index (χ0v) is 6.75. The molecular formula is C9H12N2. The van der Waals surface area contributed by atoms with Gasteiger partial charge in [-0.3, -0.25) is 4.98 Å². The molecule has 0 radical (unpaired) electrons. The van der Waals surface area contributed by atoms with Crippen LogP contribution in [0.4, 0.5) is 5.69 Å². The van der Waals surface area contributed by atoms with Crippen LogP contribution in [-0.4, -0.2) is 18.1 Å². The second kappa shape index (κ2) is 2.53. The average molecular weight is 148 g/mol. The van der Waals surface area contributed by atoms with E-state index in [1.165, 1.54) is 11.3 Å². The lowest BCUT2D eigenvalue weighted by Crippen LogP contribution is -2.18. The molecule has 0 saturated heterocycles. The fourth-order valence-electron chi connectivity index (χ4n) is 1.63. The fraction of sp³-hybridized carbons (Fsp3) is 0.444. The van der Waals surface area contributed by atoms with Gasteiger partial charge in [0.1, 0.15) is 0 Å². The van der Waals surface area contributed by atoms with Gasteiger partial charge in [0.05, 0.1) is 0 Å². The van der Waals surface area contributed by atoms with Gasteiger partial charge in [-0.1, -0.05) is 0 Å². The summed E-state index contributed by atoms with van der Waals surface area (Å²) in [6.07, 6.45) is 5.01. The third-order valence-electron chi connectivity index (χ3n) is 2.25. The van der Waals surface area contributed by atoms with Crippen molar-refractivity contribution in [1.29, 1.82) is 0 Å². The van der Waals surface area contributed by atoms with Crippen molar-refractivity contribution >= 4 is 5.69 Å². The molecule has 2 nitrogen and oxygen atoms in total. The van der Waals surface area contributed by atoms with Crippen LogP contribution in [0.25, 0.3) is 0 Å². The highest BCUT2D eigenvalue weighted by Crippen LogP contribution is 2.25. The van der Waals surface area contributed by atoms with Crippen LogP contribution in [0.15, 0.2) is 18.5 Å². The third-order valence-corrected chi connectivity index (χ3v) is 2.25. The molecule has 0 saturated carbocycles. The molecule has 1 aliphatic rings. The second-order valence-electron chi connectivity index (χ2n) is 2.83. The first kappa shape index (κ1) is 6.65. The molecule has 2 heteroatoms. The number of anilines is 1. The lowest BCUT2D eigenvalue weighted by molar-refractivity contribution is 0.868. The summed E-state index contributed by atoms with van der Waals surface area (Å²) in [6.45, 7) is 4.46. The van der Waals surface area contributed by atoms with Gasteiger partial charge in [0.15, 0.2) is 0 Å². The number of aromatic nitrogens is 1. The molecule has 0 fully saturated rings. The monoisotopic (exact) mass is 148 g/mol. The van der Waals surface area contributed by atoms with Crippen molar-refractivity contribution in [1.82, 2.24) is 4.98 Å². The number of hydrogen-bond acceptors (Lipinski definition) is 2. The molecule has 0 bridgehead atoms. The molecular weight excluding hydrogens is 136 g/mol. The van der Waals surface area contributed by atoms with E-state index < -0.39 is 0 Å². The minimum atomic E-state index is 1.11. The Morgan fingerprint density at radius 1 is 1.64 bits per heavy atom. The maximum absolute atomic E-state index is 4.10. The maximum atomic E-state index is 4.10. The Labute approximate surface area is 66.9 Å². The standard InChI is InChI=1S/C9H12N2/c1-2-11-6-4-8-7-10-5-3-9(8)11/h3,5,7H,2,4,6H2,1H3. The molecule has 2 heterocycles. The Kier molecular flexibility index (Phi) is 1.53. The first-order chi connectivity index (χ1) is 5.42. The summed E-state index contributed by atoms with van der Waals surface area (Å²) in [5.74, 6) is 0. The van der Waals surface area contributed by atoms with Crippen molar-refractivity contribution in [2.45, 2.75) is 13.3 Å². The molecule has 1 aromatic rings. The molecule has 1 aliphatic heterocycles. The van der Waals surface area contributed by atoms with Crippen molar-refractivity contribution in [3.05, 3.63) is 24.0 Å². The largest absolute Gasteiger partial charge is 0.371 e. The summed E-state index contributed by atoms with van der Waals surface area (Å²) in [5, 5.41) is 0.